The number of rotatable bonds is 6. The number of esters is 1. The highest BCUT2D eigenvalue weighted by atomic mass is 19.1. The van der Waals surface area contributed by atoms with Gasteiger partial charge in [0.25, 0.3) is 11.5 Å². The maximum absolute atomic E-state index is 13.6. The van der Waals surface area contributed by atoms with Crippen LogP contribution in [-0.2, 0) is 20.9 Å². The molecular formula is C16H15F2N3O5. The number of nitrogens with one attached hydrogen (secondary N) is 2. The van der Waals surface area contributed by atoms with Crippen molar-refractivity contribution in [1.29, 1.82) is 0 Å². The molecule has 2 N–H and O–H groups in total. The van der Waals surface area contributed by atoms with E-state index in [4.69, 9.17) is 4.74 Å². The zero-order valence-electron chi connectivity index (χ0n) is 13.6. The number of amides is 1. The molecule has 0 spiro atoms. The van der Waals surface area contributed by atoms with Gasteiger partial charge in [0.2, 0.25) is 0 Å². The van der Waals surface area contributed by atoms with Crippen molar-refractivity contribution < 1.29 is 23.1 Å². The molecule has 8 nitrogen and oxygen atoms in total. The SMILES string of the molecule is C[C@H](NC(=O)COC(=O)Cn1ccc(=O)[nH]c1=O)c1ccc(F)cc1F. The highest BCUT2D eigenvalue weighted by Crippen LogP contribution is 2.17. The Morgan fingerprint density at radius 2 is 2.00 bits per heavy atom. The van der Waals surface area contributed by atoms with Crippen molar-refractivity contribution in [3.63, 3.8) is 0 Å². The molecule has 10 heteroatoms. The number of benzene rings is 1. The number of ether oxygens (including phenoxy) is 1. The number of carbonyl (C=O) groups is 2. The van der Waals surface area contributed by atoms with Crippen LogP contribution in [0.3, 0.4) is 0 Å². The fourth-order valence-electron chi connectivity index (χ4n) is 2.11. The molecule has 0 aliphatic rings. The van der Waals surface area contributed by atoms with Gasteiger partial charge in [-0.05, 0) is 13.0 Å². The van der Waals surface area contributed by atoms with Gasteiger partial charge in [-0.25, -0.2) is 13.6 Å². The van der Waals surface area contributed by atoms with Gasteiger partial charge in [0.05, 0.1) is 6.04 Å². The molecule has 0 bridgehead atoms. The molecule has 1 aromatic heterocycles. The minimum atomic E-state index is -0.880. The molecule has 0 unspecified atom stereocenters. The Hall–Kier alpha value is -3.30. The third-order valence-corrected chi connectivity index (χ3v) is 3.37. The molecule has 2 aromatic rings. The number of aromatic nitrogens is 2. The van der Waals surface area contributed by atoms with Crippen molar-refractivity contribution in [1.82, 2.24) is 14.9 Å². The van der Waals surface area contributed by atoms with Crippen LogP contribution in [0, 0.1) is 11.6 Å². The van der Waals surface area contributed by atoms with Gasteiger partial charge in [-0.3, -0.25) is 23.9 Å². The number of H-pyrrole nitrogens is 1. The summed E-state index contributed by atoms with van der Waals surface area (Å²) in [4.78, 5) is 47.7. The van der Waals surface area contributed by atoms with Crippen LogP contribution in [0.2, 0.25) is 0 Å². The summed E-state index contributed by atoms with van der Waals surface area (Å²) in [6.45, 7) is 0.338. The Labute approximate surface area is 145 Å². The fraction of sp³-hybridized carbons (Fsp3) is 0.250. The van der Waals surface area contributed by atoms with E-state index in [1.807, 2.05) is 4.98 Å². The smallest absolute Gasteiger partial charge is 0.328 e. The lowest BCUT2D eigenvalue weighted by molar-refractivity contribution is -0.149. The van der Waals surface area contributed by atoms with E-state index in [0.29, 0.717) is 6.07 Å². The number of halogens is 2. The first-order valence-corrected chi connectivity index (χ1v) is 7.46. The van der Waals surface area contributed by atoms with Crippen molar-refractivity contribution in [3.8, 4) is 0 Å². The van der Waals surface area contributed by atoms with Crippen LogP contribution < -0.4 is 16.6 Å². The topological polar surface area (TPSA) is 110 Å². The Balaban J connectivity index is 1.86. The molecule has 2 rings (SSSR count). The van der Waals surface area contributed by atoms with Crippen LogP contribution in [-0.4, -0.2) is 28.0 Å². The molecule has 1 aromatic carbocycles. The fourth-order valence-corrected chi connectivity index (χ4v) is 2.11. The second-order valence-electron chi connectivity index (χ2n) is 5.35. The van der Waals surface area contributed by atoms with Gasteiger partial charge in [0.15, 0.2) is 6.61 Å². The predicted octanol–water partition coefficient (Wildman–Crippen LogP) is 0.235. The van der Waals surface area contributed by atoms with E-state index in [0.717, 1.165) is 22.9 Å². The summed E-state index contributed by atoms with van der Waals surface area (Å²) in [6, 6.07) is 3.23. The number of aromatic amines is 1. The number of hydrogen-bond donors (Lipinski definition) is 2. The Morgan fingerprint density at radius 3 is 2.65 bits per heavy atom. The summed E-state index contributed by atoms with van der Waals surface area (Å²) in [7, 11) is 0. The zero-order chi connectivity index (χ0) is 19.3. The molecular weight excluding hydrogens is 352 g/mol. The zero-order valence-corrected chi connectivity index (χ0v) is 13.6. The van der Waals surface area contributed by atoms with Crippen molar-refractivity contribution in [2.45, 2.75) is 19.5 Å². The molecule has 1 amide bonds. The van der Waals surface area contributed by atoms with Gasteiger partial charge in [-0.2, -0.15) is 0 Å². The van der Waals surface area contributed by atoms with Crippen molar-refractivity contribution in [2.24, 2.45) is 0 Å². The van der Waals surface area contributed by atoms with Gasteiger partial charge < -0.3 is 10.1 Å². The number of hydrogen-bond acceptors (Lipinski definition) is 5. The highest BCUT2D eigenvalue weighted by molar-refractivity contribution is 5.80. The summed E-state index contributed by atoms with van der Waals surface area (Å²) in [5.41, 5.74) is -1.33. The van der Waals surface area contributed by atoms with E-state index in [1.165, 1.54) is 13.0 Å². The Morgan fingerprint density at radius 1 is 1.27 bits per heavy atom. The van der Waals surface area contributed by atoms with E-state index in [1.54, 1.807) is 0 Å². The molecule has 26 heavy (non-hydrogen) atoms. The number of carbonyl (C=O) groups excluding carboxylic acids is 2. The number of nitrogens with zero attached hydrogens (tertiary/aromatic N) is 1. The summed E-state index contributed by atoms with van der Waals surface area (Å²) in [6.07, 6.45) is 1.11. The van der Waals surface area contributed by atoms with Crippen LogP contribution in [0.4, 0.5) is 8.78 Å². The van der Waals surface area contributed by atoms with Crippen LogP contribution in [0.1, 0.15) is 18.5 Å². The van der Waals surface area contributed by atoms with Crippen LogP contribution in [0.5, 0.6) is 0 Å². The minimum absolute atomic E-state index is 0.0749. The standard InChI is InChI=1S/C16H15F2N3O5/c1-9(11-3-2-10(17)6-12(11)18)19-14(23)8-26-15(24)7-21-5-4-13(22)20-16(21)25/h2-6,9H,7-8H2,1H3,(H,19,23)(H,20,22,25)/t9-/m0/s1. The third-order valence-electron chi connectivity index (χ3n) is 3.37. The van der Waals surface area contributed by atoms with E-state index in [-0.39, 0.29) is 5.56 Å². The summed E-state index contributed by atoms with van der Waals surface area (Å²) < 4.78 is 32.1. The minimum Gasteiger partial charge on any atom is -0.454 e. The predicted molar refractivity (Wildman–Crippen MR) is 85.2 cm³/mol. The summed E-state index contributed by atoms with van der Waals surface area (Å²) in [5, 5.41) is 2.40. The monoisotopic (exact) mass is 367 g/mol. The lowest BCUT2D eigenvalue weighted by atomic mass is 10.1. The molecule has 1 atom stereocenters. The van der Waals surface area contributed by atoms with Gasteiger partial charge >= 0.3 is 11.7 Å². The van der Waals surface area contributed by atoms with Crippen LogP contribution in [0.15, 0.2) is 40.1 Å². The molecule has 0 fully saturated rings. The molecule has 138 valence electrons. The van der Waals surface area contributed by atoms with Gasteiger partial charge in [0.1, 0.15) is 18.2 Å². The second kappa shape index (κ2) is 8.19. The maximum Gasteiger partial charge on any atom is 0.328 e. The molecule has 1 heterocycles. The molecule has 0 aliphatic heterocycles. The molecule has 0 saturated carbocycles. The molecule has 0 radical (unpaired) electrons. The van der Waals surface area contributed by atoms with E-state index < -0.39 is 54.0 Å². The Bertz CT molecular complexity index is 938. The van der Waals surface area contributed by atoms with E-state index in [9.17, 15) is 28.0 Å². The first-order chi connectivity index (χ1) is 12.3. The first kappa shape index (κ1) is 19.0. The summed E-state index contributed by atoms with van der Waals surface area (Å²) >= 11 is 0. The highest BCUT2D eigenvalue weighted by Gasteiger charge is 2.16. The maximum atomic E-state index is 13.6. The molecule has 0 saturated heterocycles. The third kappa shape index (κ3) is 5.10. The molecule has 0 aliphatic carbocycles. The van der Waals surface area contributed by atoms with Crippen molar-refractivity contribution >= 4 is 11.9 Å². The van der Waals surface area contributed by atoms with Gasteiger partial charge in [0, 0.05) is 23.9 Å². The average Bonchev–Trinajstić information content (AvgIpc) is 2.55. The first-order valence-electron chi connectivity index (χ1n) is 7.46. The Kier molecular flexibility index (Phi) is 5.99. The van der Waals surface area contributed by atoms with E-state index >= 15 is 0 Å². The van der Waals surface area contributed by atoms with E-state index in [2.05, 4.69) is 5.32 Å². The average molecular weight is 367 g/mol. The summed E-state index contributed by atoms with van der Waals surface area (Å²) in [5.74, 6) is -3.14. The second-order valence-corrected chi connectivity index (χ2v) is 5.35. The van der Waals surface area contributed by atoms with Gasteiger partial charge in [-0.15, -0.1) is 0 Å². The lowest BCUT2D eigenvalue weighted by Gasteiger charge is -2.15. The normalized spacial score (nSPS) is 11.7. The van der Waals surface area contributed by atoms with Crippen molar-refractivity contribution in [3.05, 3.63) is 68.5 Å². The van der Waals surface area contributed by atoms with Crippen LogP contribution >= 0.6 is 0 Å². The lowest BCUT2D eigenvalue weighted by Crippen LogP contribution is -2.34. The van der Waals surface area contributed by atoms with Crippen LogP contribution in [0.25, 0.3) is 0 Å². The van der Waals surface area contributed by atoms with Gasteiger partial charge in [-0.1, -0.05) is 6.07 Å². The quantitative estimate of drug-likeness (QED) is 0.711. The van der Waals surface area contributed by atoms with Crippen molar-refractivity contribution in [2.75, 3.05) is 6.61 Å². The largest absolute Gasteiger partial charge is 0.454 e.